The fourth-order valence-corrected chi connectivity index (χ4v) is 5.21. The monoisotopic (exact) mass is 371 g/mol. The molecule has 140 valence electrons. The Morgan fingerprint density at radius 2 is 1.84 bits per heavy atom. The van der Waals surface area contributed by atoms with E-state index < -0.39 is 15.4 Å². The lowest BCUT2D eigenvalue weighted by Gasteiger charge is -2.24. The standard InChI is InChI=1S/C17H25NO6S/c1-17(9-10-25(20,21)11-17)18-14(19)8-6-12-5-7-13(22-2)16(24-4)15(12)23-3/h5,7H,6,8-11H2,1-4H3,(H,18,19). The van der Waals surface area contributed by atoms with E-state index in [0.29, 0.717) is 30.1 Å². The van der Waals surface area contributed by atoms with Crippen LogP contribution in [0.3, 0.4) is 0 Å². The van der Waals surface area contributed by atoms with E-state index in [9.17, 15) is 13.2 Å². The maximum atomic E-state index is 12.3. The molecule has 8 heteroatoms. The molecule has 1 N–H and O–H groups in total. The zero-order valence-electron chi connectivity index (χ0n) is 15.0. The summed E-state index contributed by atoms with van der Waals surface area (Å²) in [6.07, 6.45) is 1.11. The molecule has 25 heavy (non-hydrogen) atoms. The number of sulfone groups is 1. The van der Waals surface area contributed by atoms with Gasteiger partial charge in [-0.15, -0.1) is 0 Å². The Kier molecular flexibility index (Phi) is 5.82. The quantitative estimate of drug-likeness (QED) is 0.778. The van der Waals surface area contributed by atoms with Crippen molar-refractivity contribution in [3.05, 3.63) is 17.7 Å². The summed E-state index contributed by atoms with van der Waals surface area (Å²) in [4.78, 5) is 12.3. The molecule has 1 unspecified atom stereocenters. The summed E-state index contributed by atoms with van der Waals surface area (Å²) in [6.45, 7) is 1.77. The van der Waals surface area contributed by atoms with E-state index >= 15 is 0 Å². The Morgan fingerprint density at radius 1 is 1.16 bits per heavy atom. The highest BCUT2D eigenvalue weighted by Crippen LogP contribution is 2.40. The maximum absolute atomic E-state index is 12.3. The predicted octanol–water partition coefficient (Wildman–Crippen LogP) is 1.34. The molecule has 0 saturated carbocycles. The number of ether oxygens (including phenoxy) is 3. The number of hydrogen-bond acceptors (Lipinski definition) is 6. The van der Waals surface area contributed by atoms with E-state index in [1.807, 2.05) is 6.07 Å². The topological polar surface area (TPSA) is 90.9 Å². The van der Waals surface area contributed by atoms with Gasteiger partial charge in [0.15, 0.2) is 21.3 Å². The fraction of sp³-hybridized carbons (Fsp3) is 0.588. The lowest BCUT2D eigenvalue weighted by Crippen LogP contribution is -2.47. The van der Waals surface area contributed by atoms with Gasteiger partial charge in [0, 0.05) is 6.42 Å². The molecule has 1 aliphatic heterocycles. The lowest BCUT2D eigenvalue weighted by atomic mass is 10.0. The minimum absolute atomic E-state index is 0.00851. The Labute approximate surface area is 148 Å². The van der Waals surface area contributed by atoms with Gasteiger partial charge in [-0.25, -0.2) is 8.42 Å². The van der Waals surface area contributed by atoms with Crippen molar-refractivity contribution in [3.63, 3.8) is 0 Å². The fourth-order valence-electron chi connectivity index (χ4n) is 3.12. The van der Waals surface area contributed by atoms with Crippen LogP contribution in [-0.2, 0) is 21.1 Å². The highest BCUT2D eigenvalue weighted by atomic mass is 32.2. The summed E-state index contributed by atoms with van der Waals surface area (Å²) in [5.74, 6) is 1.49. The first kappa shape index (κ1) is 19.4. The molecule has 1 saturated heterocycles. The van der Waals surface area contributed by atoms with Gasteiger partial charge in [-0.3, -0.25) is 4.79 Å². The molecule has 0 radical (unpaired) electrons. The molecule has 1 heterocycles. The minimum Gasteiger partial charge on any atom is -0.493 e. The minimum atomic E-state index is -3.06. The molecule has 0 aromatic heterocycles. The molecule has 0 bridgehead atoms. The van der Waals surface area contributed by atoms with Crippen LogP contribution < -0.4 is 19.5 Å². The van der Waals surface area contributed by atoms with Gasteiger partial charge in [0.1, 0.15) is 0 Å². The van der Waals surface area contributed by atoms with Crippen LogP contribution >= 0.6 is 0 Å². The molecule has 1 atom stereocenters. The van der Waals surface area contributed by atoms with E-state index in [1.165, 1.54) is 14.2 Å². The second kappa shape index (κ2) is 7.51. The summed E-state index contributed by atoms with van der Waals surface area (Å²) in [5, 5.41) is 2.85. The number of carbonyl (C=O) groups excluding carboxylic acids is 1. The van der Waals surface area contributed by atoms with Gasteiger partial charge in [-0.2, -0.15) is 0 Å². The number of rotatable bonds is 7. The average molecular weight is 371 g/mol. The predicted molar refractivity (Wildman–Crippen MR) is 94.2 cm³/mol. The van der Waals surface area contributed by atoms with Crippen LogP contribution in [0.25, 0.3) is 0 Å². The second-order valence-electron chi connectivity index (χ2n) is 6.44. The normalized spacial score (nSPS) is 21.6. The van der Waals surface area contributed by atoms with E-state index in [1.54, 1.807) is 20.1 Å². The summed E-state index contributed by atoms with van der Waals surface area (Å²) in [6, 6.07) is 3.59. The van der Waals surface area contributed by atoms with Gasteiger partial charge in [0.25, 0.3) is 0 Å². The third-order valence-electron chi connectivity index (χ3n) is 4.35. The Hall–Kier alpha value is -1.96. The van der Waals surface area contributed by atoms with Gasteiger partial charge in [-0.05, 0) is 31.4 Å². The van der Waals surface area contributed by atoms with Crippen molar-refractivity contribution in [1.29, 1.82) is 0 Å². The second-order valence-corrected chi connectivity index (χ2v) is 8.63. The molecule has 0 aliphatic carbocycles. The summed E-state index contributed by atoms with van der Waals surface area (Å²) >= 11 is 0. The van der Waals surface area contributed by atoms with Crippen LogP contribution in [0.4, 0.5) is 0 Å². The van der Waals surface area contributed by atoms with Crippen LogP contribution in [0.2, 0.25) is 0 Å². The van der Waals surface area contributed by atoms with Crippen molar-refractivity contribution in [1.82, 2.24) is 5.32 Å². The van der Waals surface area contributed by atoms with Crippen molar-refractivity contribution >= 4 is 15.7 Å². The summed E-state index contributed by atoms with van der Waals surface area (Å²) < 4.78 is 39.2. The summed E-state index contributed by atoms with van der Waals surface area (Å²) in [5.41, 5.74) is 0.136. The van der Waals surface area contributed by atoms with Gasteiger partial charge in [0.2, 0.25) is 11.7 Å². The smallest absolute Gasteiger partial charge is 0.220 e. The van der Waals surface area contributed by atoms with Crippen molar-refractivity contribution in [2.24, 2.45) is 0 Å². The van der Waals surface area contributed by atoms with Crippen LogP contribution in [-0.4, -0.2) is 52.7 Å². The maximum Gasteiger partial charge on any atom is 0.220 e. The molecular weight excluding hydrogens is 346 g/mol. The van der Waals surface area contributed by atoms with Crippen molar-refractivity contribution in [2.45, 2.75) is 31.7 Å². The van der Waals surface area contributed by atoms with Gasteiger partial charge in [-0.1, -0.05) is 6.07 Å². The van der Waals surface area contributed by atoms with Crippen LogP contribution in [0.1, 0.15) is 25.3 Å². The molecule has 2 rings (SSSR count). The molecule has 7 nitrogen and oxygen atoms in total. The number of hydrogen-bond donors (Lipinski definition) is 1. The third-order valence-corrected chi connectivity index (χ3v) is 6.25. The first-order valence-corrected chi connectivity index (χ1v) is 9.85. The SMILES string of the molecule is COc1ccc(CCC(=O)NC2(C)CCS(=O)(=O)C2)c(OC)c1OC. The van der Waals surface area contributed by atoms with Crippen LogP contribution in [0, 0.1) is 0 Å². The molecule has 0 spiro atoms. The van der Waals surface area contributed by atoms with Crippen molar-refractivity contribution in [2.75, 3.05) is 32.8 Å². The summed E-state index contributed by atoms with van der Waals surface area (Å²) in [7, 11) is 1.54. The zero-order valence-corrected chi connectivity index (χ0v) is 15.9. The number of carbonyl (C=O) groups is 1. The lowest BCUT2D eigenvalue weighted by molar-refractivity contribution is -0.122. The first-order chi connectivity index (χ1) is 11.7. The Morgan fingerprint density at radius 3 is 2.36 bits per heavy atom. The van der Waals surface area contributed by atoms with Crippen LogP contribution in [0.15, 0.2) is 12.1 Å². The zero-order chi connectivity index (χ0) is 18.7. The number of benzene rings is 1. The molecule has 1 aliphatic rings. The third kappa shape index (κ3) is 4.56. The van der Waals surface area contributed by atoms with E-state index in [2.05, 4.69) is 5.32 Å². The van der Waals surface area contributed by atoms with Crippen molar-refractivity contribution in [3.8, 4) is 17.2 Å². The molecule has 1 amide bonds. The van der Waals surface area contributed by atoms with Gasteiger partial charge in [0.05, 0.1) is 38.4 Å². The van der Waals surface area contributed by atoms with Crippen molar-refractivity contribution < 1.29 is 27.4 Å². The van der Waals surface area contributed by atoms with Gasteiger partial charge >= 0.3 is 0 Å². The number of nitrogens with one attached hydrogen (secondary N) is 1. The molecule has 1 fully saturated rings. The Bertz CT molecular complexity index is 746. The highest BCUT2D eigenvalue weighted by Gasteiger charge is 2.39. The number of amides is 1. The molecule has 1 aromatic carbocycles. The van der Waals surface area contributed by atoms with Gasteiger partial charge < -0.3 is 19.5 Å². The largest absolute Gasteiger partial charge is 0.493 e. The highest BCUT2D eigenvalue weighted by molar-refractivity contribution is 7.91. The molecular formula is C17H25NO6S. The van der Waals surface area contributed by atoms with E-state index in [-0.39, 0.29) is 23.8 Å². The first-order valence-electron chi connectivity index (χ1n) is 8.03. The molecule has 1 aromatic rings. The van der Waals surface area contributed by atoms with Crippen LogP contribution in [0.5, 0.6) is 17.2 Å². The van der Waals surface area contributed by atoms with E-state index in [4.69, 9.17) is 14.2 Å². The number of aryl methyl sites for hydroxylation is 1. The van der Waals surface area contributed by atoms with E-state index in [0.717, 1.165) is 5.56 Å². The Balaban J connectivity index is 2.05. The average Bonchev–Trinajstić information content (AvgIpc) is 2.84. The number of methoxy groups -OCH3 is 3.